The highest BCUT2D eigenvalue weighted by Crippen LogP contribution is 2.37. The first-order chi connectivity index (χ1) is 9.56. The van der Waals surface area contributed by atoms with Crippen LogP contribution in [0, 0.1) is 20.8 Å². The van der Waals surface area contributed by atoms with Crippen LogP contribution in [0.2, 0.25) is 0 Å². The summed E-state index contributed by atoms with van der Waals surface area (Å²) < 4.78 is 11.0. The summed E-state index contributed by atoms with van der Waals surface area (Å²) in [4.78, 5) is 0. The number of aryl methyl sites for hydroxylation is 3. The van der Waals surface area contributed by atoms with Crippen molar-refractivity contribution >= 4 is 5.82 Å². The maximum Gasteiger partial charge on any atom is 0.212 e. The second-order valence-electron chi connectivity index (χ2n) is 4.98. The van der Waals surface area contributed by atoms with Gasteiger partial charge >= 0.3 is 0 Å². The van der Waals surface area contributed by atoms with Crippen molar-refractivity contribution in [2.24, 2.45) is 0 Å². The molecule has 0 fully saturated rings. The molecule has 20 heavy (non-hydrogen) atoms. The summed E-state index contributed by atoms with van der Waals surface area (Å²) in [6.45, 7) is 6.03. The average Bonchev–Trinajstić information content (AvgIpc) is 2.99. The zero-order chi connectivity index (χ0) is 14.3. The molecule has 0 spiro atoms. The SMILES string of the molecule is Cc1ccc(-c2onc(N)c2-c2ccc(C)c(C)c2)o1. The van der Waals surface area contributed by atoms with Crippen LogP contribution in [-0.2, 0) is 0 Å². The predicted octanol–water partition coefficient (Wildman–Crippen LogP) is 4.11. The van der Waals surface area contributed by atoms with Crippen molar-refractivity contribution in [2.45, 2.75) is 20.8 Å². The third-order valence-corrected chi connectivity index (χ3v) is 3.48. The van der Waals surface area contributed by atoms with E-state index < -0.39 is 0 Å². The molecule has 0 saturated carbocycles. The van der Waals surface area contributed by atoms with Gasteiger partial charge in [0.2, 0.25) is 5.76 Å². The second-order valence-corrected chi connectivity index (χ2v) is 4.98. The van der Waals surface area contributed by atoms with Crippen molar-refractivity contribution in [3.63, 3.8) is 0 Å². The Labute approximate surface area is 117 Å². The molecule has 3 rings (SSSR count). The van der Waals surface area contributed by atoms with Crippen molar-refractivity contribution in [2.75, 3.05) is 5.73 Å². The van der Waals surface area contributed by atoms with Gasteiger partial charge in [-0.1, -0.05) is 23.4 Å². The van der Waals surface area contributed by atoms with Crippen molar-refractivity contribution < 1.29 is 8.94 Å². The van der Waals surface area contributed by atoms with Crippen molar-refractivity contribution in [3.8, 4) is 22.6 Å². The van der Waals surface area contributed by atoms with Crippen molar-refractivity contribution in [3.05, 3.63) is 47.2 Å². The summed E-state index contributed by atoms with van der Waals surface area (Å²) >= 11 is 0. The molecule has 0 atom stereocenters. The first-order valence-electron chi connectivity index (χ1n) is 6.46. The van der Waals surface area contributed by atoms with Crippen LogP contribution in [0.4, 0.5) is 5.82 Å². The fourth-order valence-electron chi connectivity index (χ4n) is 2.20. The van der Waals surface area contributed by atoms with E-state index in [9.17, 15) is 0 Å². The Morgan fingerprint density at radius 2 is 1.80 bits per heavy atom. The summed E-state index contributed by atoms with van der Waals surface area (Å²) in [6.07, 6.45) is 0. The minimum Gasteiger partial charge on any atom is -0.458 e. The Bertz CT molecular complexity index is 769. The topological polar surface area (TPSA) is 65.2 Å². The van der Waals surface area contributed by atoms with Gasteiger partial charge in [0.05, 0.1) is 5.56 Å². The summed E-state index contributed by atoms with van der Waals surface area (Å²) in [7, 11) is 0. The highest BCUT2D eigenvalue weighted by atomic mass is 16.5. The molecule has 0 unspecified atom stereocenters. The summed E-state index contributed by atoms with van der Waals surface area (Å²) in [5.74, 6) is 2.40. The van der Waals surface area contributed by atoms with Gasteiger partial charge in [-0.2, -0.15) is 0 Å². The lowest BCUT2D eigenvalue weighted by Crippen LogP contribution is -1.90. The zero-order valence-electron chi connectivity index (χ0n) is 11.7. The van der Waals surface area contributed by atoms with Gasteiger partial charge in [0.1, 0.15) is 5.76 Å². The van der Waals surface area contributed by atoms with Gasteiger partial charge in [0, 0.05) is 0 Å². The number of aromatic nitrogens is 1. The minimum absolute atomic E-state index is 0.373. The Kier molecular flexibility index (Phi) is 2.86. The maximum absolute atomic E-state index is 5.96. The van der Waals surface area contributed by atoms with E-state index in [2.05, 4.69) is 31.1 Å². The number of nitrogens with zero attached hydrogens (tertiary/aromatic N) is 1. The highest BCUT2D eigenvalue weighted by molar-refractivity contribution is 5.85. The number of furan rings is 1. The van der Waals surface area contributed by atoms with Crippen molar-refractivity contribution in [1.82, 2.24) is 5.16 Å². The molecular weight excluding hydrogens is 252 g/mol. The number of hydrogen-bond acceptors (Lipinski definition) is 4. The molecule has 0 amide bonds. The Morgan fingerprint density at radius 1 is 1.00 bits per heavy atom. The molecule has 4 heteroatoms. The third-order valence-electron chi connectivity index (χ3n) is 3.48. The van der Waals surface area contributed by atoms with Crippen LogP contribution in [0.25, 0.3) is 22.6 Å². The van der Waals surface area contributed by atoms with Crippen LogP contribution < -0.4 is 5.73 Å². The molecule has 0 aliphatic rings. The van der Waals surface area contributed by atoms with Crippen LogP contribution in [-0.4, -0.2) is 5.16 Å². The molecule has 0 aliphatic carbocycles. The Balaban J connectivity index is 2.18. The normalized spacial score (nSPS) is 10.9. The Hall–Kier alpha value is -2.49. The van der Waals surface area contributed by atoms with Crippen LogP contribution in [0.3, 0.4) is 0 Å². The van der Waals surface area contributed by atoms with Crippen LogP contribution in [0.5, 0.6) is 0 Å². The zero-order valence-corrected chi connectivity index (χ0v) is 11.7. The van der Waals surface area contributed by atoms with Gasteiger partial charge in [-0.25, -0.2) is 0 Å². The van der Waals surface area contributed by atoms with Crippen LogP contribution in [0.15, 0.2) is 39.3 Å². The lowest BCUT2D eigenvalue weighted by Gasteiger charge is -2.05. The number of hydrogen-bond donors (Lipinski definition) is 1. The molecule has 2 heterocycles. The highest BCUT2D eigenvalue weighted by Gasteiger charge is 2.20. The molecular formula is C16H16N2O2. The smallest absolute Gasteiger partial charge is 0.212 e. The van der Waals surface area contributed by atoms with E-state index in [-0.39, 0.29) is 0 Å². The summed E-state index contributed by atoms with van der Waals surface area (Å²) in [5, 5.41) is 3.87. The molecule has 102 valence electrons. The van der Waals surface area contributed by atoms with Gasteiger partial charge in [-0.3, -0.25) is 0 Å². The monoisotopic (exact) mass is 268 g/mol. The minimum atomic E-state index is 0.373. The molecule has 0 aliphatic heterocycles. The van der Waals surface area contributed by atoms with Gasteiger partial charge in [-0.05, 0) is 49.6 Å². The molecule has 0 radical (unpaired) electrons. The van der Waals surface area contributed by atoms with E-state index in [1.165, 1.54) is 11.1 Å². The second kappa shape index (κ2) is 4.56. The van der Waals surface area contributed by atoms with Gasteiger partial charge in [0.15, 0.2) is 11.6 Å². The quantitative estimate of drug-likeness (QED) is 0.759. The average molecular weight is 268 g/mol. The van der Waals surface area contributed by atoms with Gasteiger partial charge in [0.25, 0.3) is 0 Å². The summed E-state index contributed by atoms with van der Waals surface area (Å²) in [5.41, 5.74) is 10.2. The first-order valence-corrected chi connectivity index (χ1v) is 6.46. The number of nitrogens with two attached hydrogens (primary N) is 1. The number of anilines is 1. The molecule has 0 saturated heterocycles. The fourth-order valence-corrected chi connectivity index (χ4v) is 2.20. The molecule has 1 aromatic carbocycles. The fraction of sp³-hybridized carbons (Fsp3) is 0.188. The van der Waals surface area contributed by atoms with Crippen molar-refractivity contribution in [1.29, 1.82) is 0 Å². The predicted molar refractivity (Wildman–Crippen MR) is 78.3 cm³/mol. The molecule has 3 aromatic rings. The van der Waals surface area contributed by atoms with Gasteiger partial charge < -0.3 is 14.7 Å². The molecule has 2 aromatic heterocycles. The van der Waals surface area contributed by atoms with E-state index in [1.54, 1.807) is 0 Å². The van der Waals surface area contributed by atoms with E-state index >= 15 is 0 Å². The first kappa shape index (κ1) is 12.5. The number of benzene rings is 1. The van der Waals surface area contributed by atoms with E-state index in [4.69, 9.17) is 14.7 Å². The Morgan fingerprint density at radius 3 is 2.45 bits per heavy atom. The lowest BCUT2D eigenvalue weighted by atomic mass is 10.00. The van der Waals surface area contributed by atoms with E-state index in [0.717, 1.165) is 16.9 Å². The molecule has 4 nitrogen and oxygen atoms in total. The maximum atomic E-state index is 5.96. The summed E-state index contributed by atoms with van der Waals surface area (Å²) in [6, 6.07) is 9.91. The van der Waals surface area contributed by atoms with E-state index in [0.29, 0.717) is 17.3 Å². The van der Waals surface area contributed by atoms with Gasteiger partial charge in [-0.15, -0.1) is 0 Å². The lowest BCUT2D eigenvalue weighted by molar-refractivity contribution is 0.418. The standard InChI is InChI=1S/C16H16N2O2/c1-9-4-6-12(8-10(9)2)14-15(20-18-16(14)17)13-7-5-11(3)19-13/h4-8H,1-3H3,(H2,17,18). The number of nitrogen functional groups attached to an aromatic ring is 1. The van der Waals surface area contributed by atoms with E-state index in [1.807, 2.05) is 25.1 Å². The molecule has 0 bridgehead atoms. The number of rotatable bonds is 2. The van der Waals surface area contributed by atoms with Crippen LogP contribution in [0.1, 0.15) is 16.9 Å². The molecule has 2 N–H and O–H groups in total. The third kappa shape index (κ3) is 1.99. The van der Waals surface area contributed by atoms with Crippen LogP contribution >= 0.6 is 0 Å². The largest absolute Gasteiger partial charge is 0.458 e.